The van der Waals surface area contributed by atoms with Crippen molar-refractivity contribution in [3.05, 3.63) is 47.6 Å². The third kappa shape index (κ3) is 2.79. The topological polar surface area (TPSA) is 73.1 Å². The molecule has 1 aromatic carbocycles. The largest absolute Gasteiger partial charge is 0.347 e. The normalized spacial score (nSPS) is 19.0. The van der Waals surface area contributed by atoms with Gasteiger partial charge in [0.25, 0.3) is 5.91 Å². The third-order valence-corrected chi connectivity index (χ3v) is 5.67. The Hall–Kier alpha value is -2.72. The molecule has 1 amide bonds. The first-order valence-electron chi connectivity index (χ1n) is 8.18. The van der Waals surface area contributed by atoms with Gasteiger partial charge in [-0.25, -0.2) is 0 Å². The van der Waals surface area contributed by atoms with Crippen LogP contribution in [0.25, 0.3) is 10.6 Å². The summed E-state index contributed by atoms with van der Waals surface area (Å²) in [5.41, 5.74) is 0.941. The molecule has 1 aliphatic heterocycles. The summed E-state index contributed by atoms with van der Waals surface area (Å²) >= 11 is 1.49. The Balaban J connectivity index is 1.46. The summed E-state index contributed by atoms with van der Waals surface area (Å²) in [4.78, 5) is 16.3. The molecule has 25 heavy (non-hydrogen) atoms. The fourth-order valence-electron chi connectivity index (χ4n) is 3.12. The van der Waals surface area contributed by atoms with Crippen LogP contribution in [0.1, 0.15) is 17.8 Å². The SMILES string of the molecule is C=C1C(=O)N(Cc2nnc(-c3ccccc3)s2)CCN1C1(C#N)CC1. The number of nitrogens with zero attached hydrogens (tertiary/aromatic N) is 5. The highest BCUT2D eigenvalue weighted by atomic mass is 32.1. The molecule has 126 valence electrons. The van der Waals surface area contributed by atoms with E-state index in [1.54, 1.807) is 4.90 Å². The second kappa shape index (κ2) is 5.97. The van der Waals surface area contributed by atoms with Crippen LogP contribution in [-0.4, -0.2) is 44.5 Å². The molecule has 0 atom stereocenters. The van der Waals surface area contributed by atoms with Gasteiger partial charge in [0.05, 0.1) is 18.3 Å². The maximum Gasteiger partial charge on any atom is 0.270 e. The van der Waals surface area contributed by atoms with E-state index in [9.17, 15) is 10.1 Å². The van der Waals surface area contributed by atoms with Crippen molar-refractivity contribution >= 4 is 17.2 Å². The molecule has 0 radical (unpaired) electrons. The molecular weight excluding hydrogens is 334 g/mol. The lowest BCUT2D eigenvalue weighted by molar-refractivity contribution is -0.132. The van der Waals surface area contributed by atoms with E-state index in [4.69, 9.17) is 0 Å². The zero-order valence-electron chi connectivity index (χ0n) is 13.7. The van der Waals surface area contributed by atoms with Gasteiger partial charge in [0.15, 0.2) is 0 Å². The average molecular weight is 351 g/mol. The zero-order chi connectivity index (χ0) is 17.4. The highest BCUT2D eigenvalue weighted by molar-refractivity contribution is 7.14. The molecule has 0 bridgehead atoms. The van der Waals surface area contributed by atoms with E-state index in [2.05, 4.69) is 22.8 Å². The standard InChI is InChI=1S/C18H17N5OS/c1-13-17(24)22(9-10-23(13)18(12-19)7-8-18)11-15-20-21-16(25-15)14-5-3-2-4-6-14/h2-6H,1,7-11H2. The van der Waals surface area contributed by atoms with Crippen molar-refractivity contribution in [2.45, 2.75) is 24.9 Å². The Labute approximate surface area is 150 Å². The Kier molecular flexibility index (Phi) is 3.77. The summed E-state index contributed by atoms with van der Waals surface area (Å²) in [6.07, 6.45) is 1.62. The molecule has 2 aliphatic rings. The maximum absolute atomic E-state index is 12.6. The Morgan fingerprint density at radius 1 is 1.24 bits per heavy atom. The summed E-state index contributed by atoms with van der Waals surface area (Å²) in [6, 6.07) is 12.2. The van der Waals surface area contributed by atoms with Crippen LogP contribution in [0.2, 0.25) is 0 Å². The molecule has 2 aromatic rings. The van der Waals surface area contributed by atoms with E-state index in [1.165, 1.54) is 11.3 Å². The number of carbonyl (C=O) groups is 1. The Morgan fingerprint density at radius 3 is 2.68 bits per heavy atom. The molecule has 0 spiro atoms. The van der Waals surface area contributed by atoms with Gasteiger partial charge in [-0.2, -0.15) is 5.26 Å². The Bertz CT molecular complexity index is 865. The van der Waals surface area contributed by atoms with E-state index in [0.29, 0.717) is 25.3 Å². The zero-order valence-corrected chi connectivity index (χ0v) is 14.5. The van der Waals surface area contributed by atoms with E-state index in [1.807, 2.05) is 35.2 Å². The monoisotopic (exact) mass is 351 g/mol. The van der Waals surface area contributed by atoms with Crippen LogP contribution in [0.5, 0.6) is 0 Å². The van der Waals surface area contributed by atoms with Crippen LogP contribution in [-0.2, 0) is 11.3 Å². The van der Waals surface area contributed by atoms with Crippen molar-refractivity contribution in [3.8, 4) is 16.6 Å². The second-order valence-corrected chi connectivity index (χ2v) is 7.40. The average Bonchev–Trinajstić information content (AvgIpc) is 3.30. The summed E-state index contributed by atoms with van der Waals surface area (Å²) < 4.78 is 0. The molecule has 0 N–H and O–H groups in total. The van der Waals surface area contributed by atoms with Crippen LogP contribution in [0.15, 0.2) is 42.6 Å². The lowest BCUT2D eigenvalue weighted by Crippen LogP contribution is -2.51. The smallest absolute Gasteiger partial charge is 0.270 e. The quantitative estimate of drug-likeness (QED) is 0.791. The van der Waals surface area contributed by atoms with Crippen LogP contribution < -0.4 is 0 Å². The number of aromatic nitrogens is 2. The summed E-state index contributed by atoms with van der Waals surface area (Å²) in [7, 11) is 0. The van der Waals surface area contributed by atoms with Gasteiger partial charge >= 0.3 is 0 Å². The van der Waals surface area contributed by atoms with E-state index < -0.39 is 5.54 Å². The molecule has 6 nitrogen and oxygen atoms in total. The van der Waals surface area contributed by atoms with Crippen molar-refractivity contribution in [2.75, 3.05) is 13.1 Å². The van der Waals surface area contributed by atoms with Crippen LogP contribution in [0.3, 0.4) is 0 Å². The van der Waals surface area contributed by atoms with Gasteiger partial charge in [-0.3, -0.25) is 4.79 Å². The number of amides is 1. The van der Waals surface area contributed by atoms with Crippen molar-refractivity contribution < 1.29 is 4.79 Å². The number of nitriles is 1. The van der Waals surface area contributed by atoms with Crippen molar-refractivity contribution in [3.63, 3.8) is 0 Å². The van der Waals surface area contributed by atoms with Gasteiger partial charge in [-0.15, -0.1) is 10.2 Å². The predicted molar refractivity (Wildman–Crippen MR) is 94.2 cm³/mol. The van der Waals surface area contributed by atoms with Crippen molar-refractivity contribution in [2.24, 2.45) is 0 Å². The summed E-state index contributed by atoms with van der Waals surface area (Å²) in [6.45, 7) is 5.57. The molecule has 2 heterocycles. The molecule has 7 heteroatoms. The third-order valence-electron chi connectivity index (χ3n) is 4.72. The fraction of sp³-hybridized carbons (Fsp3) is 0.333. The fourth-order valence-corrected chi connectivity index (χ4v) is 3.98. The lowest BCUT2D eigenvalue weighted by Gasteiger charge is -2.39. The molecular formula is C18H17N5OS. The molecule has 2 fully saturated rings. The number of piperazine rings is 1. The minimum Gasteiger partial charge on any atom is -0.347 e. The number of benzene rings is 1. The number of hydrogen-bond donors (Lipinski definition) is 0. The second-order valence-electron chi connectivity index (χ2n) is 6.34. The lowest BCUT2D eigenvalue weighted by atomic mass is 10.1. The maximum atomic E-state index is 12.6. The molecule has 0 unspecified atom stereocenters. The van der Waals surface area contributed by atoms with Crippen molar-refractivity contribution in [1.29, 1.82) is 5.26 Å². The minimum absolute atomic E-state index is 0.121. The molecule has 1 aliphatic carbocycles. The highest BCUT2D eigenvalue weighted by Gasteiger charge is 2.51. The van der Waals surface area contributed by atoms with Crippen LogP contribution in [0.4, 0.5) is 0 Å². The number of carbonyl (C=O) groups excluding carboxylic acids is 1. The first-order chi connectivity index (χ1) is 12.1. The highest BCUT2D eigenvalue weighted by Crippen LogP contribution is 2.44. The van der Waals surface area contributed by atoms with E-state index in [-0.39, 0.29) is 5.91 Å². The van der Waals surface area contributed by atoms with Crippen LogP contribution >= 0.6 is 11.3 Å². The first kappa shape index (κ1) is 15.8. The molecule has 1 saturated heterocycles. The van der Waals surface area contributed by atoms with Crippen LogP contribution in [0, 0.1) is 11.3 Å². The summed E-state index contributed by atoms with van der Waals surface area (Å²) in [5.74, 6) is -0.121. The molecule has 1 saturated carbocycles. The summed E-state index contributed by atoms with van der Waals surface area (Å²) in [5, 5.41) is 19.5. The van der Waals surface area contributed by atoms with Crippen molar-refractivity contribution in [1.82, 2.24) is 20.0 Å². The number of rotatable bonds is 4. The minimum atomic E-state index is -0.498. The van der Waals surface area contributed by atoms with E-state index >= 15 is 0 Å². The predicted octanol–water partition coefficient (Wildman–Crippen LogP) is 2.42. The van der Waals surface area contributed by atoms with E-state index in [0.717, 1.165) is 28.4 Å². The number of hydrogen-bond acceptors (Lipinski definition) is 6. The molecule has 4 rings (SSSR count). The van der Waals surface area contributed by atoms with Gasteiger partial charge in [-0.05, 0) is 12.8 Å². The molecule has 1 aromatic heterocycles. The van der Waals surface area contributed by atoms with Gasteiger partial charge in [0.2, 0.25) is 0 Å². The Morgan fingerprint density at radius 2 is 2.00 bits per heavy atom. The van der Waals surface area contributed by atoms with Gasteiger partial charge in [0.1, 0.15) is 15.6 Å². The first-order valence-corrected chi connectivity index (χ1v) is 8.99. The van der Waals surface area contributed by atoms with Gasteiger partial charge < -0.3 is 9.80 Å². The van der Waals surface area contributed by atoms with Gasteiger partial charge in [0, 0.05) is 18.7 Å². The van der Waals surface area contributed by atoms with Gasteiger partial charge in [-0.1, -0.05) is 48.2 Å².